The molecule has 1 aromatic heterocycles. The number of rotatable bonds is 7. The Morgan fingerprint density at radius 1 is 1.15 bits per heavy atom. The third-order valence-corrected chi connectivity index (χ3v) is 3.54. The highest BCUT2D eigenvalue weighted by Crippen LogP contribution is 2.21. The summed E-state index contributed by atoms with van der Waals surface area (Å²) in [6.45, 7) is 8.45. The van der Waals surface area contributed by atoms with Crippen molar-refractivity contribution in [3.05, 3.63) is 53.9 Å². The van der Waals surface area contributed by atoms with E-state index in [1.54, 1.807) is 0 Å². The molecule has 0 saturated heterocycles. The summed E-state index contributed by atoms with van der Waals surface area (Å²) in [5, 5.41) is 8.01. The highest BCUT2D eigenvalue weighted by Gasteiger charge is 2.13. The minimum atomic E-state index is 0.399. The van der Waals surface area contributed by atoms with Gasteiger partial charge >= 0.3 is 0 Å². The molecule has 0 aliphatic rings. The number of aromatic nitrogens is 2. The smallest absolute Gasteiger partial charge is 0.0522 e. The van der Waals surface area contributed by atoms with Gasteiger partial charge in [0.05, 0.1) is 5.69 Å². The molecule has 0 spiro atoms. The fourth-order valence-electron chi connectivity index (χ4n) is 2.52. The molecule has 0 aliphatic carbocycles. The van der Waals surface area contributed by atoms with Gasteiger partial charge in [0, 0.05) is 25.3 Å². The number of benzene rings is 1. The molecule has 0 radical (unpaired) electrons. The highest BCUT2D eigenvalue weighted by atomic mass is 15.3. The lowest BCUT2D eigenvalue weighted by molar-refractivity contribution is 0.420. The first-order chi connectivity index (χ1) is 9.70. The normalized spacial score (nSPS) is 12.8. The van der Waals surface area contributed by atoms with Gasteiger partial charge in [-0.25, -0.2) is 0 Å². The van der Waals surface area contributed by atoms with Gasteiger partial charge in [-0.05, 0) is 30.9 Å². The van der Waals surface area contributed by atoms with Crippen LogP contribution >= 0.6 is 0 Å². The highest BCUT2D eigenvalue weighted by molar-refractivity contribution is 5.19. The summed E-state index contributed by atoms with van der Waals surface area (Å²) in [5.41, 5.74) is 2.61. The number of hydrogen-bond acceptors (Lipinski definition) is 2. The molecule has 1 aromatic carbocycles. The summed E-state index contributed by atoms with van der Waals surface area (Å²) in [6.07, 6.45) is 3.02. The van der Waals surface area contributed by atoms with Gasteiger partial charge in [0.25, 0.3) is 0 Å². The fraction of sp³-hybridized carbons (Fsp3) is 0.471. The molecule has 0 amide bonds. The van der Waals surface area contributed by atoms with Crippen LogP contribution in [0.3, 0.4) is 0 Å². The van der Waals surface area contributed by atoms with E-state index in [9.17, 15) is 0 Å². The summed E-state index contributed by atoms with van der Waals surface area (Å²) in [6, 6.07) is 13.2. The van der Waals surface area contributed by atoms with E-state index >= 15 is 0 Å². The first-order valence-electron chi connectivity index (χ1n) is 7.49. The Bertz CT molecular complexity index is 502. The van der Waals surface area contributed by atoms with Crippen molar-refractivity contribution >= 4 is 0 Å². The lowest BCUT2D eigenvalue weighted by atomic mass is 9.97. The molecule has 0 bridgehead atoms. The van der Waals surface area contributed by atoms with Crippen molar-refractivity contribution in [1.82, 2.24) is 15.1 Å². The van der Waals surface area contributed by atoms with Crippen LogP contribution in [0.25, 0.3) is 0 Å². The van der Waals surface area contributed by atoms with Crippen molar-refractivity contribution in [2.75, 3.05) is 0 Å². The van der Waals surface area contributed by atoms with Crippen LogP contribution in [0.5, 0.6) is 0 Å². The third-order valence-electron chi connectivity index (χ3n) is 3.54. The van der Waals surface area contributed by atoms with Crippen molar-refractivity contribution in [3.63, 3.8) is 0 Å². The van der Waals surface area contributed by atoms with E-state index in [0.29, 0.717) is 12.0 Å². The maximum Gasteiger partial charge on any atom is 0.0522 e. The van der Waals surface area contributed by atoms with E-state index in [1.807, 2.05) is 10.9 Å². The Hall–Kier alpha value is -1.61. The van der Waals surface area contributed by atoms with Crippen molar-refractivity contribution in [2.45, 2.75) is 46.3 Å². The molecule has 1 unspecified atom stereocenters. The molecular formula is C17H25N3. The molecule has 1 heterocycles. The molecule has 3 nitrogen and oxygen atoms in total. The summed E-state index contributed by atoms with van der Waals surface area (Å²) in [4.78, 5) is 0. The van der Waals surface area contributed by atoms with Crippen LogP contribution in [0, 0.1) is 5.92 Å². The average molecular weight is 271 g/mol. The largest absolute Gasteiger partial charge is 0.304 e. The molecular weight excluding hydrogens is 246 g/mol. The standard InChI is InChI=1S/C17H25N3/c1-4-20-16(10-11-19-20)13-18-17(12-14(2)3)15-8-6-5-7-9-15/h5-11,14,17-18H,4,12-13H2,1-3H3. The SMILES string of the molecule is CCn1nccc1CNC(CC(C)C)c1ccccc1. The summed E-state index contributed by atoms with van der Waals surface area (Å²) >= 11 is 0. The average Bonchev–Trinajstić information content (AvgIpc) is 2.91. The molecule has 20 heavy (non-hydrogen) atoms. The number of nitrogens with one attached hydrogen (secondary N) is 1. The zero-order valence-corrected chi connectivity index (χ0v) is 12.7. The minimum absolute atomic E-state index is 0.399. The monoisotopic (exact) mass is 271 g/mol. The maximum absolute atomic E-state index is 4.32. The Morgan fingerprint density at radius 3 is 2.55 bits per heavy atom. The molecule has 0 saturated carbocycles. The van der Waals surface area contributed by atoms with Crippen LogP contribution in [-0.4, -0.2) is 9.78 Å². The second-order valence-electron chi connectivity index (χ2n) is 5.61. The van der Waals surface area contributed by atoms with E-state index in [2.05, 4.69) is 67.6 Å². The topological polar surface area (TPSA) is 29.9 Å². The molecule has 1 atom stereocenters. The summed E-state index contributed by atoms with van der Waals surface area (Å²) in [5.74, 6) is 0.670. The van der Waals surface area contributed by atoms with Gasteiger partial charge in [-0.15, -0.1) is 0 Å². The van der Waals surface area contributed by atoms with E-state index < -0.39 is 0 Å². The zero-order chi connectivity index (χ0) is 14.4. The lowest BCUT2D eigenvalue weighted by Crippen LogP contribution is -2.24. The Kier molecular flexibility index (Phi) is 5.36. The second kappa shape index (κ2) is 7.25. The van der Waals surface area contributed by atoms with Gasteiger partial charge in [-0.2, -0.15) is 5.10 Å². The quantitative estimate of drug-likeness (QED) is 0.830. The second-order valence-corrected chi connectivity index (χ2v) is 5.61. The van der Waals surface area contributed by atoms with Crippen LogP contribution in [0.15, 0.2) is 42.6 Å². The summed E-state index contributed by atoms with van der Waals surface area (Å²) in [7, 11) is 0. The zero-order valence-electron chi connectivity index (χ0n) is 12.7. The van der Waals surface area contributed by atoms with Gasteiger partial charge in [0.2, 0.25) is 0 Å². The van der Waals surface area contributed by atoms with Gasteiger partial charge in [0.15, 0.2) is 0 Å². The van der Waals surface area contributed by atoms with Crippen molar-refractivity contribution in [3.8, 4) is 0 Å². The van der Waals surface area contributed by atoms with E-state index in [4.69, 9.17) is 0 Å². The fourth-order valence-corrected chi connectivity index (χ4v) is 2.52. The Morgan fingerprint density at radius 2 is 1.90 bits per heavy atom. The van der Waals surface area contributed by atoms with Gasteiger partial charge in [0.1, 0.15) is 0 Å². The molecule has 1 N–H and O–H groups in total. The van der Waals surface area contributed by atoms with Gasteiger partial charge < -0.3 is 5.32 Å². The van der Waals surface area contributed by atoms with Crippen LogP contribution in [-0.2, 0) is 13.1 Å². The lowest BCUT2D eigenvalue weighted by Gasteiger charge is -2.21. The molecule has 108 valence electrons. The predicted octanol–water partition coefficient (Wildman–Crippen LogP) is 3.78. The number of nitrogens with zero attached hydrogens (tertiary/aromatic N) is 2. The first-order valence-corrected chi connectivity index (χ1v) is 7.49. The number of hydrogen-bond donors (Lipinski definition) is 1. The molecule has 0 aliphatic heterocycles. The predicted molar refractivity (Wildman–Crippen MR) is 83.4 cm³/mol. The van der Waals surface area contributed by atoms with E-state index in [0.717, 1.165) is 19.5 Å². The third kappa shape index (κ3) is 3.94. The van der Waals surface area contributed by atoms with Gasteiger partial charge in [-0.3, -0.25) is 4.68 Å². The van der Waals surface area contributed by atoms with Gasteiger partial charge in [-0.1, -0.05) is 44.2 Å². The first kappa shape index (κ1) is 14.8. The van der Waals surface area contributed by atoms with Crippen LogP contribution in [0.2, 0.25) is 0 Å². The van der Waals surface area contributed by atoms with Crippen molar-refractivity contribution in [1.29, 1.82) is 0 Å². The van der Waals surface area contributed by atoms with E-state index in [1.165, 1.54) is 11.3 Å². The van der Waals surface area contributed by atoms with Crippen molar-refractivity contribution < 1.29 is 0 Å². The molecule has 2 aromatic rings. The minimum Gasteiger partial charge on any atom is -0.304 e. The van der Waals surface area contributed by atoms with Crippen LogP contribution < -0.4 is 5.32 Å². The van der Waals surface area contributed by atoms with Crippen LogP contribution in [0.1, 0.15) is 44.5 Å². The Balaban J connectivity index is 2.05. The number of aryl methyl sites for hydroxylation is 1. The van der Waals surface area contributed by atoms with Crippen LogP contribution in [0.4, 0.5) is 0 Å². The molecule has 0 fully saturated rings. The molecule has 3 heteroatoms. The summed E-state index contributed by atoms with van der Waals surface area (Å²) < 4.78 is 2.05. The maximum atomic E-state index is 4.32. The van der Waals surface area contributed by atoms with Crippen molar-refractivity contribution in [2.24, 2.45) is 5.92 Å². The molecule has 2 rings (SSSR count). The Labute approximate surface area is 122 Å². The van der Waals surface area contributed by atoms with E-state index in [-0.39, 0.29) is 0 Å².